The molecule has 1 amide bonds. The molecule has 0 saturated carbocycles. The minimum absolute atomic E-state index is 0.242. The predicted octanol–water partition coefficient (Wildman–Crippen LogP) is 3.19. The molecule has 0 radical (unpaired) electrons. The monoisotopic (exact) mass is 281 g/mol. The van der Waals surface area contributed by atoms with Crippen LogP contribution in [0.2, 0.25) is 0 Å². The third kappa shape index (κ3) is 4.84. The second-order valence-electron chi connectivity index (χ2n) is 4.78. The highest BCUT2D eigenvalue weighted by atomic mass is 16.2. The minimum atomic E-state index is -0.242. The van der Waals surface area contributed by atoms with Gasteiger partial charge in [0.05, 0.1) is 6.21 Å². The number of aromatic nitrogens is 1. The zero-order chi connectivity index (χ0) is 14.9. The summed E-state index contributed by atoms with van der Waals surface area (Å²) >= 11 is 0. The first-order valence-electron chi connectivity index (χ1n) is 7.12. The van der Waals surface area contributed by atoms with E-state index in [0.717, 1.165) is 12.0 Å². The van der Waals surface area contributed by atoms with Gasteiger partial charge in [-0.3, -0.25) is 9.78 Å². The van der Waals surface area contributed by atoms with Gasteiger partial charge in [-0.1, -0.05) is 37.6 Å². The maximum atomic E-state index is 11.8. The number of carbonyl (C=O) groups excluding carboxylic acids is 1. The molecule has 1 aromatic carbocycles. The van der Waals surface area contributed by atoms with Crippen LogP contribution in [0.1, 0.15) is 41.3 Å². The molecule has 1 aromatic heterocycles. The number of nitrogens with zero attached hydrogens (tertiary/aromatic N) is 2. The topological polar surface area (TPSA) is 54.4 Å². The average molecular weight is 281 g/mol. The Bertz CT molecular complexity index is 591. The highest BCUT2D eigenvalue weighted by molar-refractivity contribution is 5.94. The van der Waals surface area contributed by atoms with E-state index >= 15 is 0 Å². The van der Waals surface area contributed by atoms with Crippen LogP contribution in [0.25, 0.3) is 0 Å². The number of nitrogens with one attached hydrogen (secondary N) is 1. The van der Waals surface area contributed by atoms with Gasteiger partial charge in [-0.05, 0) is 36.1 Å². The fourth-order valence-electron chi connectivity index (χ4n) is 1.88. The minimum Gasteiger partial charge on any atom is -0.267 e. The van der Waals surface area contributed by atoms with Crippen molar-refractivity contribution in [3.05, 3.63) is 65.5 Å². The Morgan fingerprint density at radius 2 is 1.90 bits per heavy atom. The molecule has 2 aromatic rings. The van der Waals surface area contributed by atoms with Crippen LogP contribution < -0.4 is 5.43 Å². The predicted molar refractivity (Wildman–Crippen MR) is 84.4 cm³/mol. The SMILES string of the molecule is CCCCc1ccc(/C=N/NC(=O)c2ccncc2)cc1. The van der Waals surface area contributed by atoms with Crippen molar-refractivity contribution in [1.82, 2.24) is 10.4 Å². The van der Waals surface area contributed by atoms with Crippen LogP contribution in [0.15, 0.2) is 53.9 Å². The molecule has 0 bridgehead atoms. The van der Waals surface area contributed by atoms with Gasteiger partial charge < -0.3 is 0 Å². The third-order valence-corrected chi connectivity index (χ3v) is 3.12. The molecule has 2 rings (SSSR count). The zero-order valence-corrected chi connectivity index (χ0v) is 12.1. The van der Waals surface area contributed by atoms with Crippen LogP contribution in [0.3, 0.4) is 0 Å². The van der Waals surface area contributed by atoms with Crippen molar-refractivity contribution in [2.24, 2.45) is 5.10 Å². The molecule has 0 aliphatic carbocycles. The standard InChI is InChI=1S/C17H19N3O/c1-2-3-4-14-5-7-15(8-6-14)13-19-20-17(21)16-9-11-18-12-10-16/h5-13H,2-4H2,1H3,(H,20,21)/b19-13+. The summed E-state index contributed by atoms with van der Waals surface area (Å²) in [4.78, 5) is 15.6. The van der Waals surface area contributed by atoms with Gasteiger partial charge in [0.1, 0.15) is 0 Å². The van der Waals surface area contributed by atoms with Crippen molar-refractivity contribution in [3.63, 3.8) is 0 Å². The summed E-state index contributed by atoms with van der Waals surface area (Å²) in [5.74, 6) is -0.242. The van der Waals surface area contributed by atoms with Gasteiger partial charge in [0, 0.05) is 18.0 Å². The molecule has 0 saturated heterocycles. The number of carbonyl (C=O) groups is 1. The lowest BCUT2D eigenvalue weighted by molar-refractivity contribution is 0.0955. The van der Waals surface area contributed by atoms with Crippen molar-refractivity contribution < 1.29 is 4.79 Å². The van der Waals surface area contributed by atoms with E-state index in [0.29, 0.717) is 5.56 Å². The number of amides is 1. The lowest BCUT2D eigenvalue weighted by atomic mass is 10.1. The van der Waals surface area contributed by atoms with Crippen molar-refractivity contribution in [2.75, 3.05) is 0 Å². The summed E-state index contributed by atoms with van der Waals surface area (Å²) in [5, 5.41) is 3.96. The fraction of sp³-hybridized carbons (Fsp3) is 0.235. The molecule has 0 atom stereocenters. The molecule has 0 unspecified atom stereocenters. The van der Waals surface area contributed by atoms with Crippen molar-refractivity contribution in [2.45, 2.75) is 26.2 Å². The van der Waals surface area contributed by atoms with Gasteiger partial charge in [0.15, 0.2) is 0 Å². The first-order chi connectivity index (χ1) is 10.3. The molecule has 0 spiro atoms. The second kappa shape index (κ2) is 7.94. The Morgan fingerprint density at radius 3 is 2.57 bits per heavy atom. The molecule has 108 valence electrons. The van der Waals surface area contributed by atoms with E-state index in [1.54, 1.807) is 30.7 Å². The van der Waals surface area contributed by atoms with Crippen molar-refractivity contribution in [1.29, 1.82) is 0 Å². The quantitative estimate of drug-likeness (QED) is 0.653. The first-order valence-corrected chi connectivity index (χ1v) is 7.12. The Kier molecular flexibility index (Phi) is 5.64. The molecular formula is C17H19N3O. The molecular weight excluding hydrogens is 262 g/mol. The van der Waals surface area contributed by atoms with Crippen LogP contribution >= 0.6 is 0 Å². The van der Waals surface area contributed by atoms with Gasteiger partial charge in [0.2, 0.25) is 0 Å². The number of benzene rings is 1. The zero-order valence-electron chi connectivity index (χ0n) is 12.1. The summed E-state index contributed by atoms with van der Waals surface area (Å²) in [6.45, 7) is 2.19. The highest BCUT2D eigenvalue weighted by Gasteiger charge is 2.01. The van der Waals surface area contributed by atoms with Crippen LogP contribution in [0, 0.1) is 0 Å². The summed E-state index contributed by atoms with van der Waals surface area (Å²) in [5.41, 5.74) is 5.33. The number of hydrogen-bond donors (Lipinski definition) is 1. The van der Waals surface area contributed by atoms with Crippen LogP contribution in [-0.4, -0.2) is 17.1 Å². The summed E-state index contributed by atoms with van der Waals surface area (Å²) in [6.07, 6.45) is 8.30. The molecule has 0 aliphatic rings. The van der Waals surface area contributed by atoms with Crippen LogP contribution in [0.5, 0.6) is 0 Å². The lowest BCUT2D eigenvalue weighted by Gasteiger charge is -2.01. The van der Waals surface area contributed by atoms with E-state index in [2.05, 4.69) is 34.6 Å². The molecule has 0 aliphatic heterocycles. The fourth-order valence-corrected chi connectivity index (χ4v) is 1.88. The molecule has 1 heterocycles. The number of unbranched alkanes of at least 4 members (excludes halogenated alkanes) is 1. The summed E-state index contributed by atoms with van der Waals surface area (Å²) < 4.78 is 0. The maximum Gasteiger partial charge on any atom is 0.271 e. The van der Waals surface area contributed by atoms with Gasteiger partial charge >= 0.3 is 0 Å². The summed E-state index contributed by atoms with van der Waals surface area (Å²) in [7, 11) is 0. The Hall–Kier alpha value is -2.49. The van der Waals surface area contributed by atoms with E-state index in [4.69, 9.17) is 0 Å². The van der Waals surface area contributed by atoms with Gasteiger partial charge in [-0.2, -0.15) is 5.10 Å². The summed E-state index contributed by atoms with van der Waals surface area (Å²) in [6, 6.07) is 11.5. The van der Waals surface area contributed by atoms with E-state index < -0.39 is 0 Å². The Labute approximate surface area is 124 Å². The molecule has 4 nitrogen and oxygen atoms in total. The molecule has 1 N–H and O–H groups in total. The van der Waals surface area contributed by atoms with Crippen LogP contribution in [-0.2, 0) is 6.42 Å². The first kappa shape index (κ1) is 14.9. The van der Waals surface area contributed by atoms with Gasteiger partial charge in [-0.15, -0.1) is 0 Å². The highest BCUT2D eigenvalue weighted by Crippen LogP contribution is 2.06. The number of pyridine rings is 1. The second-order valence-corrected chi connectivity index (χ2v) is 4.78. The van der Waals surface area contributed by atoms with E-state index in [1.807, 2.05) is 12.1 Å². The molecule has 0 fully saturated rings. The van der Waals surface area contributed by atoms with Crippen LogP contribution in [0.4, 0.5) is 0 Å². The number of hydrazone groups is 1. The molecule has 4 heteroatoms. The number of aryl methyl sites for hydroxylation is 1. The lowest BCUT2D eigenvalue weighted by Crippen LogP contribution is -2.17. The van der Waals surface area contributed by atoms with Gasteiger partial charge in [0.25, 0.3) is 5.91 Å². The van der Waals surface area contributed by atoms with E-state index in [9.17, 15) is 4.79 Å². The van der Waals surface area contributed by atoms with E-state index in [1.165, 1.54) is 18.4 Å². The maximum absolute atomic E-state index is 11.8. The Morgan fingerprint density at radius 1 is 1.19 bits per heavy atom. The third-order valence-electron chi connectivity index (χ3n) is 3.12. The molecule has 21 heavy (non-hydrogen) atoms. The number of hydrogen-bond acceptors (Lipinski definition) is 3. The largest absolute Gasteiger partial charge is 0.271 e. The normalized spacial score (nSPS) is 10.7. The smallest absolute Gasteiger partial charge is 0.267 e. The van der Waals surface area contributed by atoms with E-state index in [-0.39, 0.29) is 5.91 Å². The average Bonchev–Trinajstić information content (AvgIpc) is 2.55. The Balaban J connectivity index is 1.88. The van der Waals surface area contributed by atoms with Gasteiger partial charge in [-0.25, -0.2) is 5.43 Å². The van der Waals surface area contributed by atoms with Crippen molar-refractivity contribution in [3.8, 4) is 0 Å². The van der Waals surface area contributed by atoms with Crippen molar-refractivity contribution >= 4 is 12.1 Å². The number of rotatable bonds is 6.